The molecule has 0 bridgehead atoms. The second-order valence-electron chi connectivity index (χ2n) is 7.79. The Hall–Kier alpha value is -3.26. The zero-order valence-electron chi connectivity index (χ0n) is 17.9. The zero-order chi connectivity index (χ0) is 22.8. The number of carbonyl (C=O) groups excluding carboxylic acids is 2. The van der Waals surface area contributed by atoms with Crippen molar-refractivity contribution < 1.29 is 14.0 Å². The first-order valence-electron chi connectivity index (χ1n) is 10.4. The number of hydrogen-bond donors (Lipinski definition) is 1. The van der Waals surface area contributed by atoms with Gasteiger partial charge in [0.2, 0.25) is 0 Å². The fourth-order valence-corrected chi connectivity index (χ4v) is 3.91. The molecule has 32 heavy (non-hydrogen) atoms. The molecule has 1 aromatic heterocycles. The van der Waals surface area contributed by atoms with Crippen molar-refractivity contribution in [2.75, 3.05) is 31.5 Å². The maximum Gasteiger partial charge on any atom is 0.321 e. The third kappa shape index (κ3) is 4.65. The summed E-state index contributed by atoms with van der Waals surface area (Å²) in [5, 5.41) is 3.36. The van der Waals surface area contributed by atoms with Gasteiger partial charge in [0.15, 0.2) is 0 Å². The van der Waals surface area contributed by atoms with Crippen molar-refractivity contribution >= 4 is 40.3 Å². The van der Waals surface area contributed by atoms with Gasteiger partial charge >= 0.3 is 6.03 Å². The SMILES string of the molecule is Cc1nc2cc(F)cc(C(=O)N3CCCN(C(=O)Nc4cccc(Cl)c4)CC3)c2nc1C. The number of aryl methyl sites for hydroxylation is 2. The second kappa shape index (κ2) is 9.08. The van der Waals surface area contributed by atoms with E-state index in [4.69, 9.17) is 11.6 Å². The summed E-state index contributed by atoms with van der Waals surface area (Å²) in [5.74, 6) is -0.847. The Kier molecular flexibility index (Phi) is 6.23. The molecule has 1 fully saturated rings. The van der Waals surface area contributed by atoms with Crippen LogP contribution in [-0.4, -0.2) is 57.9 Å². The van der Waals surface area contributed by atoms with E-state index < -0.39 is 5.82 Å². The molecule has 4 rings (SSSR count). The summed E-state index contributed by atoms with van der Waals surface area (Å²) in [5.41, 5.74) is 2.92. The van der Waals surface area contributed by atoms with Crippen molar-refractivity contribution in [1.29, 1.82) is 0 Å². The number of benzene rings is 2. The van der Waals surface area contributed by atoms with Crippen LogP contribution in [-0.2, 0) is 0 Å². The minimum Gasteiger partial charge on any atom is -0.337 e. The molecular formula is C23H23ClFN5O2. The molecule has 2 heterocycles. The van der Waals surface area contributed by atoms with Gasteiger partial charge in [-0.25, -0.2) is 19.2 Å². The molecule has 1 N–H and O–H groups in total. The van der Waals surface area contributed by atoms with Crippen LogP contribution in [0, 0.1) is 19.7 Å². The molecule has 0 radical (unpaired) electrons. The molecule has 7 nitrogen and oxygen atoms in total. The minimum absolute atomic E-state index is 0.187. The number of hydrogen-bond acceptors (Lipinski definition) is 4. The quantitative estimate of drug-likeness (QED) is 0.620. The molecule has 3 amide bonds. The summed E-state index contributed by atoms with van der Waals surface area (Å²) in [4.78, 5) is 38.1. The summed E-state index contributed by atoms with van der Waals surface area (Å²) < 4.78 is 14.2. The Labute approximate surface area is 190 Å². The third-order valence-electron chi connectivity index (χ3n) is 5.52. The van der Waals surface area contributed by atoms with Gasteiger partial charge in [-0.05, 0) is 44.5 Å². The molecule has 0 aliphatic carbocycles. The maximum atomic E-state index is 14.2. The lowest BCUT2D eigenvalue weighted by Crippen LogP contribution is -2.39. The van der Waals surface area contributed by atoms with E-state index in [1.807, 2.05) is 6.92 Å². The number of fused-ring (bicyclic) bond motifs is 1. The van der Waals surface area contributed by atoms with Crippen LogP contribution in [0.3, 0.4) is 0 Å². The number of nitrogens with zero attached hydrogens (tertiary/aromatic N) is 4. The average molecular weight is 456 g/mol. The van der Waals surface area contributed by atoms with Crippen molar-refractivity contribution in [3.05, 3.63) is 64.2 Å². The predicted octanol–water partition coefficient (Wildman–Crippen LogP) is 4.42. The highest BCUT2D eigenvalue weighted by Gasteiger charge is 2.25. The molecular weight excluding hydrogens is 433 g/mol. The smallest absolute Gasteiger partial charge is 0.321 e. The number of carbonyl (C=O) groups is 2. The molecule has 1 aliphatic heterocycles. The van der Waals surface area contributed by atoms with Gasteiger partial charge in [0.05, 0.1) is 22.5 Å². The molecule has 166 valence electrons. The van der Waals surface area contributed by atoms with Crippen LogP contribution in [0.25, 0.3) is 11.0 Å². The lowest BCUT2D eigenvalue weighted by atomic mass is 10.1. The zero-order valence-corrected chi connectivity index (χ0v) is 18.6. The number of aromatic nitrogens is 2. The van der Waals surface area contributed by atoms with E-state index in [9.17, 15) is 14.0 Å². The predicted molar refractivity (Wildman–Crippen MR) is 122 cm³/mol. The maximum absolute atomic E-state index is 14.2. The number of halogens is 2. The molecule has 2 aromatic carbocycles. The summed E-state index contributed by atoms with van der Waals surface area (Å²) in [6.45, 7) is 5.25. The fourth-order valence-electron chi connectivity index (χ4n) is 3.72. The normalized spacial score (nSPS) is 14.4. The van der Waals surface area contributed by atoms with Crippen molar-refractivity contribution in [1.82, 2.24) is 19.8 Å². The van der Waals surface area contributed by atoms with Crippen LogP contribution in [0.2, 0.25) is 5.02 Å². The standard InChI is InChI=1S/C23H23ClFN5O2/c1-14-15(2)27-21-19(12-17(25)13-20(21)26-14)22(31)29-7-4-8-30(10-9-29)23(32)28-18-6-3-5-16(24)11-18/h3,5-6,11-13H,4,7-10H2,1-2H3,(H,28,32). The lowest BCUT2D eigenvalue weighted by molar-refractivity contribution is 0.0764. The van der Waals surface area contributed by atoms with Gasteiger partial charge in [0.1, 0.15) is 11.3 Å². The van der Waals surface area contributed by atoms with Crippen LogP contribution in [0.1, 0.15) is 28.2 Å². The topological polar surface area (TPSA) is 78.4 Å². The summed E-state index contributed by atoms with van der Waals surface area (Å²) >= 11 is 5.98. The largest absolute Gasteiger partial charge is 0.337 e. The molecule has 0 spiro atoms. The van der Waals surface area contributed by atoms with E-state index in [-0.39, 0.29) is 17.5 Å². The number of rotatable bonds is 2. The Morgan fingerprint density at radius 2 is 1.72 bits per heavy atom. The van der Waals surface area contributed by atoms with Gasteiger partial charge in [-0.3, -0.25) is 4.79 Å². The molecule has 1 aliphatic rings. The molecule has 1 saturated heterocycles. The monoisotopic (exact) mass is 455 g/mol. The first-order valence-corrected chi connectivity index (χ1v) is 10.7. The first kappa shape index (κ1) is 22.0. The van der Waals surface area contributed by atoms with Gasteiger partial charge in [0, 0.05) is 43.0 Å². The fraction of sp³-hybridized carbons (Fsp3) is 0.304. The molecule has 0 atom stereocenters. The molecule has 0 saturated carbocycles. The van der Waals surface area contributed by atoms with Gasteiger partial charge in [0.25, 0.3) is 5.91 Å². The van der Waals surface area contributed by atoms with Crippen LogP contribution < -0.4 is 5.32 Å². The summed E-state index contributed by atoms with van der Waals surface area (Å²) in [6, 6.07) is 9.17. The van der Waals surface area contributed by atoms with Crippen LogP contribution in [0.15, 0.2) is 36.4 Å². The van der Waals surface area contributed by atoms with Crippen molar-refractivity contribution in [3.63, 3.8) is 0 Å². The van der Waals surface area contributed by atoms with Gasteiger partial charge in [-0.1, -0.05) is 17.7 Å². The summed E-state index contributed by atoms with van der Waals surface area (Å²) in [6.07, 6.45) is 0.603. The average Bonchev–Trinajstić information content (AvgIpc) is 3.00. The highest BCUT2D eigenvalue weighted by Crippen LogP contribution is 2.22. The van der Waals surface area contributed by atoms with Gasteiger partial charge in [-0.15, -0.1) is 0 Å². The van der Waals surface area contributed by atoms with Gasteiger partial charge in [-0.2, -0.15) is 0 Å². The van der Waals surface area contributed by atoms with E-state index in [1.54, 1.807) is 41.0 Å². The Balaban J connectivity index is 1.50. The van der Waals surface area contributed by atoms with Crippen LogP contribution in [0.4, 0.5) is 14.9 Å². The number of anilines is 1. The number of urea groups is 1. The van der Waals surface area contributed by atoms with E-state index in [1.165, 1.54) is 12.1 Å². The first-order chi connectivity index (χ1) is 15.3. The molecule has 9 heteroatoms. The van der Waals surface area contributed by atoms with Crippen molar-refractivity contribution in [2.45, 2.75) is 20.3 Å². The molecule has 0 unspecified atom stereocenters. The molecule has 3 aromatic rings. The minimum atomic E-state index is -0.532. The second-order valence-corrected chi connectivity index (χ2v) is 8.23. The summed E-state index contributed by atoms with van der Waals surface area (Å²) in [7, 11) is 0. The van der Waals surface area contributed by atoms with Gasteiger partial charge < -0.3 is 15.1 Å². The number of nitrogens with one attached hydrogen (secondary N) is 1. The van der Waals surface area contributed by atoms with E-state index in [2.05, 4.69) is 15.3 Å². The Morgan fingerprint density at radius 3 is 2.50 bits per heavy atom. The highest BCUT2D eigenvalue weighted by atomic mass is 35.5. The van der Waals surface area contributed by atoms with E-state index in [0.29, 0.717) is 65.7 Å². The van der Waals surface area contributed by atoms with Crippen molar-refractivity contribution in [3.8, 4) is 0 Å². The van der Waals surface area contributed by atoms with Crippen LogP contribution in [0.5, 0.6) is 0 Å². The Bertz CT molecular complexity index is 1200. The van der Waals surface area contributed by atoms with E-state index >= 15 is 0 Å². The Morgan fingerprint density at radius 1 is 1.00 bits per heavy atom. The van der Waals surface area contributed by atoms with Crippen LogP contribution >= 0.6 is 11.6 Å². The van der Waals surface area contributed by atoms with Crippen molar-refractivity contribution in [2.24, 2.45) is 0 Å². The third-order valence-corrected chi connectivity index (χ3v) is 5.76. The highest BCUT2D eigenvalue weighted by molar-refractivity contribution is 6.30. The lowest BCUT2D eigenvalue weighted by Gasteiger charge is -2.23. The number of amides is 3. The van der Waals surface area contributed by atoms with E-state index in [0.717, 1.165) is 0 Å².